The molecule has 0 amide bonds. The number of hydrogen-bond acceptors (Lipinski definition) is 4. The van der Waals surface area contributed by atoms with Crippen molar-refractivity contribution in [3.05, 3.63) is 24.3 Å². The molecule has 21 heavy (non-hydrogen) atoms. The molecule has 1 atom stereocenters. The normalized spacial score (nSPS) is 14.2. The van der Waals surface area contributed by atoms with Gasteiger partial charge in [-0.2, -0.15) is 13.2 Å². The van der Waals surface area contributed by atoms with E-state index in [1.165, 1.54) is 12.1 Å². The minimum atomic E-state index is -5.28. The molecule has 0 spiro atoms. The lowest BCUT2D eigenvalue weighted by molar-refractivity contribution is -0.0436. The van der Waals surface area contributed by atoms with Gasteiger partial charge in [-0.05, 0) is 58.3 Å². The average molecular weight is 324 g/mol. The number of rotatable bonds is 6. The van der Waals surface area contributed by atoms with Gasteiger partial charge in [0.05, 0.1) is 4.90 Å². The van der Waals surface area contributed by atoms with Gasteiger partial charge in [-0.1, -0.05) is 0 Å². The van der Waals surface area contributed by atoms with E-state index in [0.717, 1.165) is 25.1 Å². The van der Waals surface area contributed by atoms with Gasteiger partial charge in [-0.3, -0.25) is 0 Å². The molecule has 0 saturated carbocycles. The first-order chi connectivity index (χ1) is 9.54. The monoisotopic (exact) mass is 324 g/mol. The third kappa shape index (κ3) is 4.89. The molecular weight excluding hydrogens is 305 g/mol. The molecule has 0 fully saturated rings. The fraction of sp³-hybridized carbons (Fsp3) is 0.538. The number of alkyl halides is 3. The second kappa shape index (κ2) is 6.65. The molecule has 120 valence electrons. The number of nitrogens with zero attached hydrogens (tertiary/aromatic N) is 1. The number of hydrogen-bond donors (Lipinski definition) is 1. The maximum absolute atomic E-state index is 12.4. The van der Waals surface area contributed by atoms with Crippen molar-refractivity contribution < 1.29 is 21.6 Å². The summed E-state index contributed by atoms with van der Waals surface area (Å²) < 4.78 is 59.6. The summed E-state index contributed by atoms with van der Waals surface area (Å²) in [4.78, 5) is 1.28. The van der Waals surface area contributed by atoms with Crippen molar-refractivity contribution in [1.82, 2.24) is 4.90 Å². The average Bonchev–Trinajstić information content (AvgIpc) is 2.35. The van der Waals surface area contributed by atoms with E-state index >= 15 is 0 Å². The zero-order valence-corrected chi connectivity index (χ0v) is 12.9. The van der Waals surface area contributed by atoms with Crippen LogP contribution in [0.15, 0.2) is 29.2 Å². The molecule has 0 heterocycles. The first-order valence-electron chi connectivity index (χ1n) is 6.36. The van der Waals surface area contributed by atoms with Crippen LogP contribution < -0.4 is 5.32 Å². The van der Waals surface area contributed by atoms with E-state index in [1.807, 2.05) is 25.9 Å². The van der Waals surface area contributed by atoms with Crippen LogP contribution in [0, 0.1) is 0 Å². The topological polar surface area (TPSA) is 49.4 Å². The summed E-state index contributed by atoms with van der Waals surface area (Å²) >= 11 is 0. The minimum absolute atomic E-state index is 0.123. The third-order valence-electron chi connectivity index (χ3n) is 2.89. The van der Waals surface area contributed by atoms with Crippen LogP contribution in [0.25, 0.3) is 0 Å². The van der Waals surface area contributed by atoms with Crippen LogP contribution in [-0.2, 0) is 9.84 Å². The smallest absolute Gasteiger partial charge is 0.383 e. The van der Waals surface area contributed by atoms with Gasteiger partial charge in [0.1, 0.15) is 0 Å². The maximum Gasteiger partial charge on any atom is 0.501 e. The zero-order chi connectivity index (χ0) is 16.3. The summed E-state index contributed by atoms with van der Waals surface area (Å²) in [5, 5.41) is 3.11. The Kier molecular flexibility index (Phi) is 5.63. The summed E-state index contributed by atoms with van der Waals surface area (Å²) in [6, 6.07) is 4.72. The van der Waals surface area contributed by atoms with Gasteiger partial charge in [0.2, 0.25) is 0 Å². The molecule has 1 rings (SSSR count). The predicted molar refractivity (Wildman–Crippen MR) is 75.9 cm³/mol. The summed E-state index contributed by atoms with van der Waals surface area (Å²) in [7, 11) is -1.38. The summed E-state index contributed by atoms with van der Waals surface area (Å²) in [5.41, 5.74) is -4.69. The highest BCUT2D eigenvalue weighted by molar-refractivity contribution is 7.92. The van der Waals surface area contributed by atoms with Gasteiger partial charge in [-0.25, -0.2) is 8.42 Å². The van der Waals surface area contributed by atoms with Crippen molar-refractivity contribution in [3.63, 3.8) is 0 Å². The quantitative estimate of drug-likeness (QED) is 0.874. The Hall–Kier alpha value is -1.28. The SMILES string of the molecule is CC(CCN(C)C)Nc1ccc(S(=O)(=O)C(F)(F)F)cc1. The van der Waals surface area contributed by atoms with Crippen molar-refractivity contribution in [2.24, 2.45) is 0 Å². The summed E-state index contributed by atoms with van der Waals surface area (Å²) in [6.07, 6.45) is 0.857. The Balaban J connectivity index is 2.75. The first-order valence-corrected chi connectivity index (χ1v) is 7.85. The van der Waals surface area contributed by atoms with Crippen LogP contribution in [0.4, 0.5) is 18.9 Å². The number of benzene rings is 1. The lowest BCUT2D eigenvalue weighted by atomic mass is 10.2. The Morgan fingerprint density at radius 3 is 2.14 bits per heavy atom. The molecule has 4 nitrogen and oxygen atoms in total. The Labute approximate surface area is 122 Å². The molecular formula is C13H19F3N2O2S. The van der Waals surface area contributed by atoms with Crippen LogP contribution in [-0.4, -0.2) is 45.5 Å². The molecule has 1 unspecified atom stereocenters. The predicted octanol–water partition coefficient (Wildman–Crippen LogP) is 2.73. The van der Waals surface area contributed by atoms with E-state index in [9.17, 15) is 21.6 Å². The lowest BCUT2D eigenvalue weighted by Gasteiger charge is -2.18. The Morgan fingerprint density at radius 1 is 1.19 bits per heavy atom. The fourth-order valence-electron chi connectivity index (χ4n) is 1.67. The van der Waals surface area contributed by atoms with E-state index in [1.54, 1.807) is 0 Å². The highest BCUT2D eigenvalue weighted by Gasteiger charge is 2.46. The maximum atomic E-state index is 12.4. The first kappa shape index (κ1) is 17.8. The number of anilines is 1. The van der Waals surface area contributed by atoms with Crippen LogP contribution >= 0.6 is 0 Å². The molecule has 1 aromatic rings. The number of nitrogens with one attached hydrogen (secondary N) is 1. The van der Waals surface area contributed by atoms with Gasteiger partial charge < -0.3 is 10.2 Å². The highest BCUT2D eigenvalue weighted by atomic mass is 32.2. The van der Waals surface area contributed by atoms with Crippen molar-refractivity contribution in [2.75, 3.05) is 26.0 Å². The van der Waals surface area contributed by atoms with Gasteiger partial charge in [0.25, 0.3) is 9.84 Å². The third-order valence-corrected chi connectivity index (χ3v) is 4.39. The minimum Gasteiger partial charge on any atom is -0.383 e. The van der Waals surface area contributed by atoms with Crippen molar-refractivity contribution >= 4 is 15.5 Å². The molecule has 0 aliphatic carbocycles. The fourth-order valence-corrected chi connectivity index (χ4v) is 2.43. The molecule has 8 heteroatoms. The van der Waals surface area contributed by atoms with E-state index in [0.29, 0.717) is 5.69 Å². The van der Waals surface area contributed by atoms with Gasteiger partial charge >= 0.3 is 5.51 Å². The highest BCUT2D eigenvalue weighted by Crippen LogP contribution is 2.30. The van der Waals surface area contributed by atoms with E-state index in [2.05, 4.69) is 5.32 Å². The number of sulfone groups is 1. The van der Waals surface area contributed by atoms with Crippen LogP contribution in [0.2, 0.25) is 0 Å². The van der Waals surface area contributed by atoms with Gasteiger partial charge in [0.15, 0.2) is 0 Å². The second-order valence-electron chi connectivity index (χ2n) is 5.11. The van der Waals surface area contributed by atoms with E-state index in [4.69, 9.17) is 0 Å². The van der Waals surface area contributed by atoms with Crippen molar-refractivity contribution in [1.29, 1.82) is 0 Å². The second-order valence-corrected chi connectivity index (χ2v) is 7.05. The molecule has 0 aliphatic rings. The summed E-state index contributed by atoms with van der Waals surface area (Å²) in [5.74, 6) is 0. The Bertz CT molecular complexity index is 554. The van der Waals surface area contributed by atoms with E-state index in [-0.39, 0.29) is 6.04 Å². The van der Waals surface area contributed by atoms with Crippen molar-refractivity contribution in [2.45, 2.75) is 29.8 Å². The van der Waals surface area contributed by atoms with Crippen LogP contribution in [0.5, 0.6) is 0 Å². The molecule has 1 aromatic carbocycles. The Morgan fingerprint density at radius 2 is 1.71 bits per heavy atom. The molecule has 0 aromatic heterocycles. The zero-order valence-electron chi connectivity index (χ0n) is 12.1. The molecule has 0 radical (unpaired) electrons. The standard InChI is InChI=1S/C13H19F3N2O2S/c1-10(8-9-18(2)3)17-11-4-6-12(7-5-11)21(19,20)13(14,15)16/h4-7,10,17H,8-9H2,1-3H3. The van der Waals surface area contributed by atoms with Gasteiger partial charge in [0, 0.05) is 11.7 Å². The van der Waals surface area contributed by atoms with Crippen LogP contribution in [0.1, 0.15) is 13.3 Å². The molecule has 0 saturated heterocycles. The largest absolute Gasteiger partial charge is 0.501 e. The van der Waals surface area contributed by atoms with E-state index < -0.39 is 20.2 Å². The molecule has 0 aliphatic heterocycles. The number of halogens is 3. The lowest BCUT2D eigenvalue weighted by Crippen LogP contribution is -2.24. The van der Waals surface area contributed by atoms with Crippen LogP contribution in [0.3, 0.4) is 0 Å². The molecule has 0 bridgehead atoms. The van der Waals surface area contributed by atoms with Gasteiger partial charge in [-0.15, -0.1) is 0 Å². The van der Waals surface area contributed by atoms with Crippen molar-refractivity contribution in [3.8, 4) is 0 Å². The summed E-state index contributed by atoms with van der Waals surface area (Å²) in [6.45, 7) is 2.82. The molecule has 1 N–H and O–H groups in total.